The Bertz CT molecular complexity index is 525. The van der Waals surface area contributed by atoms with Crippen molar-refractivity contribution in [2.75, 3.05) is 11.9 Å². The van der Waals surface area contributed by atoms with Gasteiger partial charge in [0.2, 0.25) is 0 Å². The molecule has 2 N–H and O–H groups in total. The summed E-state index contributed by atoms with van der Waals surface area (Å²) in [5.74, 6) is -0.271. The second-order valence-electron chi connectivity index (χ2n) is 4.62. The summed E-state index contributed by atoms with van der Waals surface area (Å²) in [6.07, 6.45) is 0.0112. The first-order valence-electron chi connectivity index (χ1n) is 6.40. The largest absolute Gasteiger partial charge is 0.388 e. The first kappa shape index (κ1) is 13.6. The maximum absolute atomic E-state index is 13.4. The van der Waals surface area contributed by atoms with Gasteiger partial charge in [-0.3, -0.25) is 0 Å². The summed E-state index contributed by atoms with van der Waals surface area (Å²) in [6.45, 7) is 2.53. The fraction of sp³-hybridized carbons (Fsp3) is 0.250. The summed E-state index contributed by atoms with van der Waals surface area (Å²) in [4.78, 5) is 0. The molecule has 2 nitrogen and oxygen atoms in total. The quantitative estimate of drug-likeness (QED) is 0.858. The molecule has 0 amide bonds. The van der Waals surface area contributed by atoms with Crippen LogP contribution in [0.5, 0.6) is 0 Å². The minimum atomic E-state index is -0.528. The topological polar surface area (TPSA) is 32.3 Å². The zero-order valence-electron chi connectivity index (χ0n) is 10.9. The molecule has 0 aliphatic rings. The molecule has 0 saturated heterocycles. The molecule has 2 rings (SSSR count). The number of hydrogen-bond acceptors (Lipinski definition) is 2. The van der Waals surface area contributed by atoms with Crippen LogP contribution in [0.4, 0.5) is 10.1 Å². The number of aliphatic hydroxyl groups is 1. The van der Waals surface area contributed by atoms with Crippen LogP contribution >= 0.6 is 0 Å². The number of para-hydroxylation sites is 1. The van der Waals surface area contributed by atoms with Gasteiger partial charge in [0.25, 0.3) is 0 Å². The third-order valence-electron chi connectivity index (χ3n) is 3.07. The molecule has 0 radical (unpaired) electrons. The minimum absolute atomic E-state index is 0.271. The van der Waals surface area contributed by atoms with Gasteiger partial charge in [-0.1, -0.05) is 42.0 Å². The van der Waals surface area contributed by atoms with Crippen molar-refractivity contribution in [3.8, 4) is 0 Å². The first-order chi connectivity index (χ1) is 9.16. The number of aliphatic hydroxyl groups excluding tert-OH is 1. The molecule has 3 heteroatoms. The average molecular weight is 259 g/mol. The standard InChI is InChI=1S/C16H18FNO/c1-12-6-8-13(9-7-12)16(19)10-11-18-15-5-3-2-4-14(15)17/h2-9,16,18-19H,10-11H2,1H3. The maximum atomic E-state index is 13.4. The van der Waals surface area contributed by atoms with Gasteiger partial charge in [-0.25, -0.2) is 4.39 Å². The Hall–Kier alpha value is -1.87. The Kier molecular flexibility index (Phi) is 4.53. The number of nitrogens with one attached hydrogen (secondary N) is 1. The molecule has 2 aromatic rings. The molecule has 0 aromatic heterocycles. The van der Waals surface area contributed by atoms with Gasteiger partial charge in [0.1, 0.15) is 5.82 Å². The predicted molar refractivity (Wildman–Crippen MR) is 75.6 cm³/mol. The lowest BCUT2D eigenvalue weighted by Crippen LogP contribution is -2.08. The van der Waals surface area contributed by atoms with E-state index >= 15 is 0 Å². The molecular formula is C16H18FNO. The molecule has 0 heterocycles. The molecule has 1 atom stereocenters. The van der Waals surface area contributed by atoms with Crippen LogP contribution in [-0.2, 0) is 0 Å². The number of anilines is 1. The normalized spacial score (nSPS) is 12.2. The molecule has 19 heavy (non-hydrogen) atoms. The van der Waals surface area contributed by atoms with Gasteiger partial charge in [0, 0.05) is 6.54 Å². The van der Waals surface area contributed by atoms with Gasteiger partial charge in [0.05, 0.1) is 11.8 Å². The molecule has 0 aliphatic heterocycles. The van der Waals surface area contributed by atoms with Gasteiger partial charge in [0.15, 0.2) is 0 Å². The van der Waals surface area contributed by atoms with Crippen molar-refractivity contribution in [1.82, 2.24) is 0 Å². The van der Waals surface area contributed by atoms with Gasteiger partial charge in [-0.05, 0) is 31.0 Å². The van der Waals surface area contributed by atoms with Crippen LogP contribution in [0, 0.1) is 12.7 Å². The fourth-order valence-corrected chi connectivity index (χ4v) is 1.90. The predicted octanol–water partition coefficient (Wildman–Crippen LogP) is 3.67. The number of halogens is 1. The molecule has 0 aliphatic carbocycles. The Labute approximate surface area is 112 Å². The molecule has 2 aromatic carbocycles. The van der Waals surface area contributed by atoms with E-state index in [1.165, 1.54) is 11.6 Å². The number of rotatable bonds is 5. The fourth-order valence-electron chi connectivity index (χ4n) is 1.90. The summed E-state index contributed by atoms with van der Waals surface area (Å²) < 4.78 is 13.4. The lowest BCUT2D eigenvalue weighted by molar-refractivity contribution is 0.171. The first-order valence-corrected chi connectivity index (χ1v) is 6.40. The molecular weight excluding hydrogens is 241 g/mol. The minimum Gasteiger partial charge on any atom is -0.388 e. The van der Waals surface area contributed by atoms with Crippen molar-refractivity contribution in [2.24, 2.45) is 0 Å². The van der Waals surface area contributed by atoms with Crippen molar-refractivity contribution in [2.45, 2.75) is 19.4 Å². The number of aryl methyl sites for hydroxylation is 1. The Balaban J connectivity index is 1.86. The monoisotopic (exact) mass is 259 g/mol. The number of hydrogen-bond donors (Lipinski definition) is 2. The molecule has 0 bridgehead atoms. The molecule has 0 fully saturated rings. The van der Waals surface area contributed by atoms with E-state index in [-0.39, 0.29) is 5.82 Å². The van der Waals surface area contributed by atoms with Gasteiger partial charge < -0.3 is 10.4 Å². The highest BCUT2D eigenvalue weighted by molar-refractivity contribution is 5.44. The van der Waals surface area contributed by atoms with Crippen molar-refractivity contribution >= 4 is 5.69 Å². The van der Waals surface area contributed by atoms with Crippen LogP contribution in [0.25, 0.3) is 0 Å². The summed E-state index contributed by atoms with van der Waals surface area (Å²) in [5.41, 5.74) is 2.53. The van der Waals surface area contributed by atoms with Crippen molar-refractivity contribution in [3.63, 3.8) is 0 Å². The van der Waals surface area contributed by atoms with E-state index in [0.717, 1.165) is 5.56 Å². The highest BCUT2D eigenvalue weighted by Crippen LogP contribution is 2.18. The lowest BCUT2D eigenvalue weighted by Gasteiger charge is -2.13. The molecule has 1 unspecified atom stereocenters. The smallest absolute Gasteiger partial charge is 0.146 e. The zero-order chi connectivity index (χ0) is 13.7. The Morgan fingerprint density at radius 3 is 2.47 bits per heavy atom. The van der Waals surface area contributed by atoms with Crippen LogP contribution in [0.2, 0.25) is 0 Å². The average Bonchev–Trinajstić information content (AvgIpc) is 2.41. The highest BCUT2D eigenvalue weighted by atomic mass is 19.1. The van der Waals surface area contributed by atoms with E-state index in [4.69, 9.17) is 0 Å². The van der Waals surface area contributed by atoms with Crippen molar-refractivity contribution < 1.29 is 9.50 Å². The van der Waals surface area contributed by atoms with E-state index in [1.807, 2.05) is 31.2 Å². The summed E-state index contributed by atoms with van der Waals surface area (Å²) in [7, 11) is 0. The highest BCUT2D eigenvalue weighted by Gasteiger charge is 2.07. The summed E-state index contributed by atoms with van der Waals surface area (Å²) in [5, 5.41) is 13.0. The van der Waals surface area contributed by atoms with Crippen LogP contribution < -0.4 is 5.32 Å². The third-order valence-corrected chi connectivity index (χ3v) is 3.07. The Morgan fingerprint density at radius 1 is 1.11 bits per heavy atom. The number of benzene rings is 2. The van der Waals surface area contributed by atoms with Crippen LogP contribution in [-0.4, -0.2) is 11.7 Å². The van der Waals surface area contributed by atoms with Crippen LogP contribution in [0.3, 0.4) is 0 Å². The second-order valence-corrected chi connectivity index (χ2v) is 4.62. The van der Waals surface area contributed by atoms with Crippen molar-refractivity contribution in [1.29, 1.82) is 0 Å². The van der Waals surface area contributed by atoms with E-state index in [9.17, 15) is 9.50 Å². The third kappa shape index (κ3) is 3.80. The van der Waals surface area contributed by atoms with E-state index in [0.29, 0.717) is 18.7 Å². The van der Waals surface area contributed by atoms with Gasteiger partial charge in [-0.15, -0.1) is 0 Å². The van der Waals surface area contributed by atoms with E-state index < -0.39 is 6.10 Å². The van der Waals surface area contributed by atoms with Crippen molar-refractivity contribution in [3.05, 3.63) is 65.5 Å². The van der Waals surface area contributed by atoms with Gasteiger partial charge >= 0.3 is 0 Å². The second kappa shape index (κ2) is 6.34. The van der Waals surface area contributed by atoms with E-state index in [2.05, 4.69) is 5.32 Å². The summed E-state index contributed by atoms with van der Waals surface area (Å²) in [6, 6.07) is 14.3. The van der Waals surface area contributed by atoms with E-state index in [1.54, 1.807) is 18.2 Å². The van der Waals surface area contributed by atoms with Crippen LogP contribution in [0.15, 0.2) is 48.5 Å². The van der Waals surface area contributed by atoms with Crippen LogP contribution in [0.1, 0.15) is 23.7 Å². The molecule has 0 saturated carbocycles. The zero-order valence-corrected chi connectivity index (χ0v) is 10.9. The van der Waals surface area contributed by atoms with Gasteiger partial charge in [-0.2, -0.15) is 0 Å². The maximum Gasteiger partial charge on any atom is 0.146 e. The SMILES string of the molecule is Cc1ccc(C(O)CCNc2ccccc2F)cc1. The lowest BCUT2D eigenvalue weighted by atomic mass is 10.1. The molecule has 0 spiro atoms. The summed E-state index contributed by atoms with van der Waals surface area (Å²) >= 11 is 0. The molecule has 100 valence electrons. The Morgan fingerprint density at radius 2 is 1.79 bits per heavy atom.